The van der Waals surface area contributed by atoms with Gasteiger partial charge in [-0.3, -0.25) is 0 Å². The second kappa shape index (κ2) is 10.6. The molecule has 0 heterocycles. The molecule has 0 amide bonds. The van der Waals surface area contributed by atoms with E-state index in [2.05, 4.69) is 6.92 Å². The van der Waals surface area contributed by atoms with Crippen LogP contribution in [0.5, 0.6) is 0 Å². The van der Waals surface area contributed by atoms with Gasteiger partial charge in [0, 0.05) is 12.3 Å². The van der Waals surface area contributed by atoms with Gasteiger partial charge in [-0.2, -0.15) is 0 Å². The van der Waals surface area contributed by atoms with Crippen LogP contribution in [0.1, 0.15) is 91.4 Å². The van der Waals surface area contributed by atoms with Crippen molar-refractivity contribution in [2.45, 2.75) is 102 Å². The molecule has 0 rings (SSSR count). The average molecular weight is 320 g/mol. The Bertz CT molecular complexity index is 350. The molecule has 0 aromatic heterocycles. The van der Waals surface area contributed by atoms with Crippen molar-refractivity contribution in [1.29, 1.82) is 0 Å². The number of nitrogens with two attached hydrogens (primary N) is 1. The fourth-order valence-corrected chi connectivity index (χ4v) is 3.14. The van der Waals surface area contributed by atoms with Crippen molar-refractivity contribution in [3.05, 3.63) is 0 Å². The van der Waals surface area contributed by atoms with Crippen LogP contribution in [0.2, 0.25) is 0 Å². The minimum Gasteiger partial charge on any atom is -0.326 e. The molecule has 4 heteroatoms. The van der Waals surface area contributed by atoms with Gasteiger partial charge in [0.1, 0.15) is 0 Å². The minimum absolute atomic E-state index is 0.262. The predicted molar refractivity (Wildman–Crippen MR) is 93.4 cm³/mol. The minimum atomic E-state index is -3.09. The van der Waals surface area contributed by atoms with Crippen molar-refractivity contribution in [1.82, 2.24) is 0 Å². The zero-order valence-corrected chi connectivity index (χ0v) is 15.5. The Balaban J connectivity index is 3.59. The molecule has 1 atom stereocenters. The fourth-order valence-electron chi connectivity index (χ4n) is 2.47. The molecule has 21 heavy (non-hydrogen) atoms. The maximum Gasteiger partial charge on any atom is 0.154 e. The molecule has 2 N–H and O–H groups in total. The summed E-state index contributed by atoms with van der Waals surface area (Å²) in [5, 5.41) is 0. The van der Waals surface area contributed by atoms with Crippen LogP contribution in [0.4, 0.5) is 0 Å². The van der Waals surface area contributed by atoms with E-state index in [1.807, 2.05) is 0 Å². The third-order valence-corrected chi connectivity index (χ3v) is 6.93. The molecule has 0 aliphatic carbocycles. The number of sulfone groups is 1. The Morgan fingerprint density at radius 1 is 0.857 bits per heavy atom. The van der Waals surface area contributed by atoms with Crippen LogP contribution in [0.15, 0.2) is 0 Å². The van der Waals surface area contributed by atoms with Gasteiger partial charge in [0.25, 0.3) is 0 Å². The highest BCUT2D eigenvalue weighted by atomic mass is 32.2. The molecule has 0 fully saturated rings. The van der Waals surface area contributed by atoms with Gasteiger partial charge in [-0.1, -0.05) is 71.1 Å². The first-order valence-corrected chi connectivity index (χ1v) is 10.6. The van der Waals surface area contributed by atoms with Crippen LogP contribution in [0.25, 0.3) is 0 Å². The molecule has 3 nitrogen and oxygen atoms in total. The SMILES string of the molecule is CCCCCCCCCCCCC(N)C(C)(C)S(C)(=O)=O. The third-order valence-electron chi connectivity index (χ3n) is 4.72. The summed E-state index contributed by atoms with van der Waals surface area (Å²) in [6.45, 7) is 5.72. The lowest BCUT2D eigenvalue weighted by molar-refractivity contribution is 0.441. The molecule has 1 unspecified atom stereocenters. The molecule has 128 valence electrons. The lowest BCUT2D eigenvalue weighted by Crippen LogP contribution is -2.48. The first-order chi connectivity index (χ1) is 9.73. The summed E-state index contributed by atoms with van der Waals surface area (Å²) in [6.07, 6.45) is 15.0. The van der Waals surface area contributed by atoms with Gasteiger partial charge in [0.15, 0.2) is 9.84 Å². The second-order valence-corrected chi connectivity index (χ2v) is 9.55. The highest BCUT2D eigenvalue weighted by Gasteiger charge is 2.36. The normalized spacial score (nSPS) is 14.3. The zero-order chi connectivity index (χ0) is 16.4. The van der Waals surface area contributed by atoms with E-state index in [9.17, 15) is 8.42 Å². The van der Waals surface area contributed by atoms with Gasteiger partial charge < -0.3 is 5.73 Å². The van der Waals surface area contributed by atoms with E-state index < -0.39 is 14.6 Å². The summed E-state index contributed by atoms with van der Waals surface area (Å²) in [5.74, 6) is 0. The van der Waals surface area contributed by atoms with Gasteiger partial charge in [-0.15, -0.1) is 0 Å². The Kier molecular flexibility index (Phi) is 10.6. The molecule has 0 aromatic carbocycles. The zero-order valence-electron chi connectivity index (χ0n) is 14.7. The van der Waals surface area contributed by atoms with Crippen molar-refractivity contribution in [3.63, 3.8) is 0 Å². The number of hydrogen-bond donors (Lipinski definition) is 1. The van der Waals surface area contributed by atoms with Crippen LogP contribution in [0.3, 0.4) is 0 Å². The van der Waals surface area contributed by atoms with Crippen molar-refractivity contribution in [2.24, 2.45) is 5.73 Å². The topological polar surface area (TPSA) is 60.2 Å². The van der Waals surface area contributed by atoms with E-state index in [1.165, 1.54) is 64.0 Å². The smallest absolute Gasteiger partial charge is 0.154 e. The Hall–Kier alpha value is -0.0900. The molecule has 0 aliphatic rings. The van der Waals surface area contributed by atoms with Crippen molar-refractivity contribution in [3.8, 4) is 0 Å². The third kappa shape index (κ3) is 8.82. The van der Waals surface area contributed by atoms with Crippen LogP contribution in [-0.2, 0) is 9.84 Å². The maximum atomic E-state index is 11.7. The summed E-state index contributed by atoms with van der Waals surface area (Å²) in [6, 6.07) is -0.262. The lowest BCUT2D eigenvalue weighted by Gasteiger charge is -2.29. The summed E-state index contributed by atoms with van der Waals surface area (Å²) in [4.78, 5) is 0. The first kappa shape index (κ1) is 20.9. The molecule has 0 aliphatic heterocycles. The van der Waals surface area contributed by atoms with Crippen LogP contribution >= 0.6 is 0 Å². The highest BCUT2D eigenvalue weighted by molar-refractivity contribution is 7.92. The standard InChI is InChI=1S/C17H37NO2S/c1-5-6-7-8-9-10-11-12-13-14-15-16(18)17(2,3)21(4,19)20/h16H,5-15,18H2,1-4H3. The Morgan fingerprint density at radius 3 is 1.62 bits per heavy atom. The fraction of sp³-hybridized carbons (Fsp3) is 1.00. The summed E-state index contributed by atoms with van der Waals surface area (Å²) in [7, 11) is -3.09. The molecule has 0 saturated carbocycles. The molecule has 0 spiro atoms. The average Bonchev–Trinajstić information content (AvgIpc) is 2.39. The van der Waals surface area contributed by atoms with E-state index >= 15 is 0 Å². The Morgan fingerprint density at radius 2 is 1.24 bits per heavy atom. The summed E-state index contributed by atoms with van der Waals surface area (Å²) in [5.41, 5.74) is 6.07. The molecule has 0 aromatic rings. The maximum absolute atomic E-state index is 11.7. The van der Waals surface area contributed by atoms with E-state index in [1.54, 1.807) is 13.8 Å². The molecular formula is C17H37NO2S. The quantitative estimate of drug-likeness (QED) is 0.510. The number of rotatable bonds is 13. The van der Waals surface area contributed by atoms with E-state index in [0.29, 0.717) is 0 Å². The molecule has 0 radical (unpaired) electrons. The van der Waals surface area contributed by atoms with Crippen LogP contribution < -0.4 is 5.73 Å². The van der Waals surface area contributed by atoms with Crippen molar-refractivity contribution < 1.29 is 8.42 Å². The van der Waals surface area contributed by atoms with Gasteiger partial charge in [0.2, 0.25) is 0 Å². The van der Waals surface area contributed by atoms with Gasteiger partial charge in [-0.25, -0.2) is 8.42 Å². The van der Waals surface area contributed by atoms with Crippen LogP contribution in [-0.4, -0.2) is 25.5 Å². The molecule has 0 saturated heterocycles. The van der Waals surface area contributed by atoms with Crippen molar-refractivity contribution >= 4 is 9.84 Å². The van der Waals surface area contributed by atoms with Gasteiger partial charge in [0.05, 0.1) is 4.75 Å². The molecule has 0 bridgehead atoms. The van der Waals surface area contributed by atoms with E-state index in [4.69, 9.17) is 5.73 Å². The summed E-state index contributed by atoms with van der Waals surface area (Å²) >= 11 is 0. The highest BCUT2D eigenvalue weighted by Crippen LogP contribution is 2.22. The van der Waals surface area contributed by atoms with E-state index in [-0.39, 0.29) is 6.04 Å². The predicted octanol–water partition coefficient (Wildman–Crippen LogP) is 4.45. The largest absolute Gasteiger partial charge is 0.326 e. The summed E-state index contributed by atoms with van der Waals surface area (Å²) < 4.78 is 22.6. The monoisotopic (exact) mass is 319 g/mol. The van der Waals surface area contributed by atoms with Gasteiger partial charge in [-0.05, 0) is 20.3 Å². The van der Waals surface area contributed by atoms with E-state index in [0.717, 1.165) is 12.8 Å². The molecular weight excluding hydrogens is 282 g/mol. The lowest BCUT2D eigenvalue weighted by atomic mass is 9.97. The Labute approximate surface area is 133 Å². The number of unbranched alkanes of at least 4 members (excludes halogenated alkanes) is 9. The van der Waals surface area contributed by atoms with Gasteiger partial charge >= 0.3 is 0 Å². The van der Waals surface area contributed by atoms with Crippen molar-refractivity contribution in [2.75, 3.05) is 6.26 Å². The first-order valence-electron chi connectivity index (χ1n) is 8.68. The number of hydrogen-bond acceptors (Lipinski definition) is 3. The van der Waals surface area contributed by atoms with Crippen LogP contribution in [0, 0.1) is 0 Å². The second-order valence-electron chi connectivity index (χ2n) is 6.95.